The Balaban J connectivity index is 1.74. The molecule has 0 aliphatic carbocycles. The van der Waals surface area contributed by atoms with Gasteiger partial charge in [0.2, 0.25) is 0 Å². The Morgan fingerprint density at radius 1 is 1.41 bits per heavy atom. The molecular weight excluding hydrogens is 280 g/mol. The maximum atomic E-state index is 12.6. The summed E-state index contributed by atoms with van der Waals surface area (Å²) in [4.78, 5) is 14.3. The molecule has 6 heteroatoms. The first kappa shape index (κ1) is 14.7. The van der Waals surface area contributed by atoms with Crippen molar-refractivity contribution < 1.29 is 9.90 Å². The highest BCUT2D eigenvalue weighted by atomic mass is 16.3. The monoisotopic (exact) mass is 300 g/mol. The minimum Gasteiger partial charge on any atom is -0.390 e. The van der Waals surface area contributed by atoms with E-state index >= 15 is 0 Å². The van der Waals surface area contributed by atoms with Gasteiger partial charge in [-0.15, -0.1) is 0 Å². The second kappa shape index (κ2) is 6.72. The van der Waals surface area contributed by atoms with Crippen LogP contribution in [0.4, 0.5) is 0 Å². The first-order chi connectivity index (χ1) is 10.7. The maximum Gasteiger partial charge on any atom is 0.253 e. The van der Waals surface area contributed by atoms with Crippen LogP contribution in [0, 0.1) is 0 Å². The van der Waals surface area contributed by atoms with E-state index < -0.39 is 6.10 Å². The van der Waals surface area contributed by atoms with Crippen LogP contribution in [0.2, 0.25) is 0 Å². The number of rotatable bonds is 3. The third-order valence-corrected chi connectivity index (χ3v) is 3.73. The summed E-state index contributed by atoms with van der Waals surface area (Å²) in [5, 5.41) is 17.1. The van der Waals surface area contributed by atoms with Crippen LogP contribution in [0.15, 0.2) is 42.7 Å². The number of carbonyl (C=O) groups is 1. The van der Waals surface area contributed by atoms with Gasteiger partial charge in [0.1, 0.15) is 0 Å². The Bertz CT molecular complexity index is 627. The normalized spacial score (nSPS) is 19.0. The van der Waals surface area contributed by atoms with Gasteiger partial charge in [-0.3, -0.25) is 9.48 Å². The summed E-state index contributed by atoms with van der Waals surface area (Å²) in [6.45, 7) is 2.85. The molecule has 1 amide bonds. The number of nitrogens with one attached hydrogen (secondary N) is 1. The molecule has 1 fully saturated rings. The molecule has 3 rings (SSSR count). The first-order valence-corrected chi connectivity index (χ1v) is 7.47. The van der Waals surface area contributed by atoms with E-state index in [-0.39, 0.29) is 5.91 Å². The molecule has 2 heterocycles. The van der Waals surface area contributed by atoms with Crippen LogP contribution < -0.4 is 5.32 Å². The van der Waals surface area contributed by atoms with E-state index in [1.165, 1.54) is 0 Å². The van der Waals surface area contributed by atoms with Crippen LogP contribution in [0.3, 0.4) is 0 Å². The number of β-amino-alcohol motifs (C(OH)–C–C–N with tert-alkyl or cyclic N) is 1. The van der Waals surface area contributed by atoms with Gasteiger partial charge in [-0.2, -0.15) is 5.10 Å². The molecule has 22 heavy (non-hydrogen) atoms. The smallest absolute Gasteiger partial charge is 0.253 e. The number of carbonyl (C=O) groups excluding carboxylic acids is 1. The minimum absolute atomic E-state index is 0.0370. The summed E-state index contributed by atoms with van der Waals surface area (Å²) >= 11 is 0. The minimum atomic E-state index is -0.515. The molecule has 0 unspecified atom stereocenters. The number of nitrogens with zero attached hydrogens (tertiary/aromatic N) is 3. The van der Waals surface area contributed by atoms with Crippen molar-refractivity contribution in [1.82, 2.24) is 20.0 Å². The van der Waals surface area contributed by atoms with Crippen molar-refractivity contribution in [3.63, 3.8) is 0 Å². The Morgan fingerprint density at radius 3 is 3.14 bits per heavy atom. The van der Waals surface area contributed by atoms with E-state index in [0.29, 0.717) is 38.3 Å². The van der Waals surface area contributed by atoms with Crippen molar-refractivity contribution in [2.24, 2.45) is 0 Å². The van der Waals surface area contributed by atoms with Gasteiger partial charge in [0.15, 0.2) is 0 Å². The highest BCUT2D eigenvalue weighted by molar-refractivity contribution is 5.94. The fourth-order valence-corrected chi connectivity index (χ4v) is 2.64. The molecule has 116 valence electrons. The van der Waals surface area contributed by atoms with E-state index in [2.05, 4.69) is 10.4 Å². The molecule has 0 bridgehead atoms. The summed E-state index contributed by atoms with van der Waals surface area (Å²) in [5.41, 5.74) is 1.68. The van der Waals surface area contributed by atoms with Crippen molar-refractivity contribution in [1.29, 1.82) is 0 Å². The highest BCUT2D eigenvalue weighted by Gasteiger charge is 2.21. The summed E-state index contributed by atoms with van der Waals surface area (Å²) in [7, 11) is 0. The zero-order chi connectivity index (χ0) is 15.4. The van der Waals surface area contributed by atoms with Gasteiger partial charge >= 0.3 is 0 Å². The third kappa shape index (κ3) is 3.52. The van der Waals surface area contributed by atoms with Crippen molar-refractivity contribution in [3.05, 3.63) is 53.9 Å². The van der Waals surface area contributed by atoms with E-state index in [9.17, 15) is 9.90 Å². The van der Waals surface area contributed by atoms with Crippen LogP contribution in [-0.4, -0.2) is 58.0 Å². The highest BCUT2D eigenvalue weighted by Crippen LogP contribution is 2.11. The van der Waals surface area contributed by atoms with E-state index in [1.54, 1.807) is 11.1 Å². The number of aromatic nitrogens is 2. The molecule has 1 atom stereocenters. The van der Waals surface area contributed by atoms with Crippen molar-refractivity contribution in [2.75, 3.05) is 26.2 Å². The van der Waals surface area contributed by atoms with Crippen LogP contribution in [-0.2, 0) is 6.54 Å². The van der Waals surface area contributed by atoms with Gasteiger partial charge in [-0.05, 0) is 23.8 Å². The van der Waals surface area contributed by atoms with Crippen molar-refractivity contribution in [2.45, 2.75) is 12.6 Å². The molecule has 2 aromatic rings. The van der Waals surface area contributed by atoms with Gasteiger partial charge in [-0.25, -0.2) is 0 Å². The predicted octanol–water partition coefficient (Wildman–Crippen LogP) is 0.338. The number of aliphatic hydroxyl groups is 1. The molecule has 1 saturated heterocycles. The van der Waals surface area contributed by atoms with Gasteiger partial charge in [0.05, 0.1) is 12.6 Å². The number of hydrogen-bond acceptors (Lipinski definition) is 4. The summed E-state index contributed by atoms with van der Waals surface area (Å²) in [6.07, 6.45) is 3.12. The molecule has 0 spiro atoms. The quantitative estimate of drug-likeness (QED) is 0.857. The fraction of sp³-hybridized carbons (Fsp3) is 0.375. The number of aliphatic hydroxyl groups excluding tert-OH is 1. The van der Waals surface area contributed by atoms with Crippen LogP contribution in [0.25, 0.3) is 0 Å². The zero-order valence-electron chi connectivity index (χ0n) is 12.4. The van der Waals surface area contributed by atoms with Gasteiger partial charge in [0, 0.05) is 44.1 Å². The molecule has 0 radical (unpaired) electrons. The lowest BCUT2D eigenvalue weighted by Crippen LogP contribution is -2.37. The molecule has 2 N–H and O–H groups in total. The topological polar surface area (TPSA) is 70.4 Å². The summed E-state index contributed by atoms with van der Waals surface area (Å²) in [5.74, 6) is -0.0370. The van der Waals surface area contributed by atoms with Gasteiger partial charge < -0.3 is 15.3 Å². The second-order valence-electron chi connectivity index (χ2n) is 5.51. The molecule has 1 aliphatic heterocycles. The van der Waals surface area contributed by atoms with Gasteiger partial charge in [0.25, 0.3) is 5.91 Å². The third-order valence-electron chi connectivity index (χ3n) is 3.73. The number of benzene rings is 1. The van der Waals surface area contributed by atoms with E-state index in [4.69, 9.17) is 0 Å². The SMILES string of the molecule is O=C(c1cccc(Cn2cccn2)c1)N1CCNC[C@H](O)C1. The van der Waals surface area contributed by atoms with Gasteiger partial charge in [-0.1, -0.05) is 12.1 Å². The fourth-order valence-electron chi connectivity index (χ4n) is 2.64. The lowest BCUT2D eigenvalue weighted by atomic mass is 10.1. The van der Waals surface area contributed by atoms with E-state index in [0.717, 1.165) is 5.56 Å². The maximum absolute atomic E-state index is 12.6. The van der Waals surface area contributed by atoms with E-state index in [1.807, 2.05) is 41.2 Å². The molecule has 0 saturated carbocycles. The molecule has 6 nitrogen and oxygen atoms in total. The first-order valence-electron chi connectivity index (χ1n) is 7.47. The van der Waals surface area contributed by atoms with Crippen LogP contribution >= 0.6 is 0 Å². The van der Waals surface area contributed by atoms with Crippen LogP contribution in [0.5, 0.6) is 0 Å². The molecule has 1 aromatic heterocycles. The number of hydrogen-bond donors (Lipinski definition) is 2. The average Bonchev–Trinajstić information content (AvgIpc) is 2.93. The standard InChI is InChI=1S/C16H20N4O2/c21-15-10-17-6-8-19(12-15)16(22)14-4-1-3-13(9-14)11-20-7-2-5-18-20/h1-5,7,9,15,17,21H,6,8,10-12H2/t15-/m0/s1. The average molecular weight is 300 g/mol. The van der Waals surface area contributed by atoms with Crippen molar-refractivity contribution in [3.8, 4) is 0 Å². The lowest BCUT2D eigenvalue weighted by molar-refractivity contribution is 0.0673. The largest absolute Gasteiger partial charge is 0.390 e. The Labute approximate surface area is 129 Å². The van der Waals surface area contributed by atoms with Crippen molar-refractivity contribution >= 4 is 5.91 Å². The second-order valence-corrected chi connectivity index (χ2v) is 5.51. The summed E-state index contributed by atoms with van der Waals surface area (Å²) < 4.78 is 1.82. The predicted molar refractivity (Wildman–Crippen MR) is 82.6 cm³/mol. The molecule has 1 aliphatic rings. The zero-order valence-corrected chi connectivity index (χ0v) is 12.4. The molecular formula is C16H20N4O2. The summed E-state index contributed by atoms with van der Waals surface area (Å²) in [6, 6.07) is 9.46. The Hall–Kier alpha value is -2.18. The Kier molecular flexibility index (Phi) is 4.50. The number of amides is 1. The Morgan fingerprint density at radius 2 is 2.32 bits per heavy atom. The lowest BCUT2D eigenvalue weighted by Gasteiger charge is -2.22. The van der Waals surface area contributed by atoms with Crippen LogP contribution in [0.1, 0.15) is 15.9 Å². The molecule has 1 aromatic carbocycles.